The van der Waals surface area contributed by atoms with Crippen LogP contribution in [0.4, 0.5) is 0 Å². The molecule has 1 fully saturated rings. The number of fused-ring (bicyclic) bond motifs is 1. The lowest BCUT2D eigenvalue weighted by Gasteiger charge is -2.22. The summed E-state index contributed by atoms with van der Waals surface area (Å²) in [6.07, 6.45) is 2.57. The van der Waals surface area contributed by atoms with Crippen molar-refractivity contribution in [2.75, 3.05) is 6.54 Å². The predicted octanol–water partition coefficient (Wildman–Crippen LogP) is 2.98. The van der Waals surface area contributed by atoms with E-state index in [9.17, 15) is 4.79 Å². The third kappa shape index (κ3) is 3.39. The Bertz CT molecular complexity index is 665. The van der Waals surface area contributed by atoms with Gasteiger partial charge in [0.2, 0.25) is 0 Å². The minimum Gasteiger partial charge on any atom is -0.481 e. The number of carboxylic acid groups (broad SMARTS) is 1. The molecule has 0 unspecified atom stereocenters. The Kier molecular flexibility index (Phi) is 3.88. The highest BCUT2D eigenvalue weighted by atomic mass is 16.4. The molecule has 3 rings (SSSR count). The largest absolute Gasteiger partial charge is 0.481 e. The minimum absolute atomic E-state index is 0.207. The molecule has 4 heteroatoms. The molecular weight excluding hydrogens is 264 g/mol. The van der Waals surface area contributed by atoms with Gasteiger partial charge in [-0.05, 0) is 37.5 Å². The molecule has 0 radical (unpaired) electrons. The van der Waals surface area contributed by atoms with Gasteiger partial charge in [0.1, 0.15) is 0 Å². The van der Waals surface area contributed by atoms with Crippen LogP contribution < -0.4 is 0 Å². The van der Waals surface area contributed by atoms with Gasteiger partial charge in [0.15, 0.2) is 0 Å². The van der Waals surface area contributed by atoms with Crippen molar-refractivity contribution in [2.24, 2.45) is 0 Å². The van der Waals surface area contributed by atoms with Crippen LogP contribution in [0.5, 0.6) is 0 Å². The molecule has 1 aromatic heterocycles. The molecule has 0 bridgehead atoms. The average Bonchev–Trinajstić information content (AvgIpc) is 3.27. The Morgan fingerprint density at radius 3 is 2.86 bits per heavy atom. The van der Waals surface area contributed by atoms with Crippen molar-refractivity contribution in [3.63, 3.8) is 0 Å². The van der Waals surface area contributed by atoms with E-state index in [1.54, 1.807) is 0 Å². The molecule has 21 heavy (non-hydrogen) atoms. The normalized spacial score (nSPS) is 14.8. The van der Waals surface area contributed by atoms with E-state index in [-0.39, 0.29) is 6.42 Å². The summed E-state index contributed by atoms with van der Waals surface area (Å²) >= 11 is 0. The molecule has 1 aromatic carbocycles. The molecule has 0 atom stereocenters. The number of carbonyl (C=O) groups is 1. The number of nitrogens with zero attached hydrogens (tertiary/aromatic N) is 2. The molecule has 1 N–H and O–H groups in total. The maximum atomic E-state index is 10.8. The lowest BCUT2D eigenvalue weighted by molar-refractivity contribution is -0.137. The summed E-state index contributed by atoms with van der Waals surface area (Å²) in [5.41, 5.74) is 3.27. The van der Waals surface area contributed by atoms with Gasteiger partial charge < -0.3 is 5.11 Å². The Balaban J connectivity index is 1.86. The highest BCUT2D eigenvalue weighted by molar-refractivity contribution is 5.82. The van der Waals surface area contributed by atoms with E-state index in [1.165, 1.54) is 23.8 Å². The van der Waals surface area contributed by atoms with Crippen LogP contribution in [0.25, 0.3) is 10.9 Å². The summed E-state index contributed by atoms with van der Waals surface area (Å²) in [6.45, 7) is 3.44. The first-order chi connectivity index (χ1) is 10.1. The summed E-state index contributed by atoms with van der Waals surface area (Å²) in [6, 6.07) is 10.8. The highest BCUT2D eigenvalue weighted by Gasteiger charge is 2.29. The Hall–Kier alpha value is -1.94. The molecule has 1 heterocycles. The fourth-order valence-electron chi connectivity index (χ4n) is 2.81. The van der Waals surface area contributed by atoms with Crippen molar-refractivity contribution in [2.45, 2.75) is 38.8 Å². The second kappa shape index (κ2) is 5.82. The third-order valence-corrected chi connectivity index (χ3v) is 3.98. The maximum Gasteiger partial charge on any atom is 0.304 e. The molecule has 0 aliphatic heterocycles. The fraction of sp³-hybridized carbons (Fsp3) is 0.412. The van der Waals surface area contributed by atoms with Crippen LogP contribution in [0, 0.1) is 6.92 Å². The van der Waals surface area contributed by atoms with E-state index in [0.717, 1.165) is 17.8 Å². The summed E-state index contributed by atoms with van der Waals surface area (Å²) in [5.74, 6) is -0.726. The first-order valence-corrected chi connectivity index (χ1v) is 7.44. The van der Waals surface area contributed by atoms with Gasteiger partial charge in [0.25, 0.3) is 0 Å². The molecule has 0 spiro atoms. The van der Waals surface area contributed by atoms with E-state index in [4.69, 9.17) is 5.11 Å². The van der Waals surface area contributed by atoms with Gasteiger partial charge in [-0.15, -0.1) is 0 Å². The van der Waals surface area contributed by atoms with Crippen molar-refractivity contribution in [3.8, 4) is 0 Å². The third-order valence-electron chi connectivity index (χ3n) is 3.98. The van der Waals surface area contributed by atoms with Crippen molar-refractivity contribution < 1.29 is 9.90 Å². The lowest BCUT2D eigenvalue weighted by Crippen LogP contribution is -2.28. The smallest absolute Gasteiger partial charge is 0.304 e. The minimum atomic E-state index is -0.726. The van der Waals surface area contributed by atoms with Crippen molar-refractivity contribution in [1.82, 2.24) is 9.88 Å². The first kappa shape index (κ1) is 14.0. The number of hydrogen-bond donors (Lipinski definition) is 1. The van der Waals surface area contributed by atoms with Crippen LogP contribution >= 0.6 is 0 Å². The molecule has 1 aliphatic carbocycles. The Morgan fingerprint density at radius 1 is 1.38 bits per heavy atom. The second-order valence-corrected chi connectivity index (χ2v) is 5.79. The summed E-state index contributed by atoms with van der Waals surface area (Å²) in [5, 5.41) is 10.1. The number of pyridine rings is 1. The zero-order valence-electron chi connectivity index (χ0n) is 12.2. The number of rotatable bonds is 6. The molecule has 1 saturated carbocycles. The van der Waals surface area contributed by atoms with Crippen LogP contribution in [0.3, 0.4) is 0 Å². The number of hydrogen-bond acceptors (Lipinski definition) is 3. The van der Waals surface area contributed by atoms with Gasteiger partial charge in [-0.3, -0.25) is 14.7 Å². The Morgan fingerprint density at radius 2 is 2.14 bits per heavy atom. The predicted molar refractivity (Wildman–Crippen MR) is 82.2 cm³/mol. The zero-order chi connectivity index (χ0) is 14.8. The highest BCUT2D eigenvalue weighted by Crippen LogP contribution is 2.30. The number of aryl methyl sites for hydroxylation is 1. The van der Waals surface area contributed by atoms with Crippen LogP contribution in [0.1, 0.15) is 30.5 Å². The number of benzene rings is 1. The second-order valence-electron chi connectivity index (χ2n) is 5.79. The number of para-hydroxylation sites is 1. The van der Waals surface area contributed by atoms with E-state index in [2.05, 4.69) is 22.0 Å². The molecule has 1 aliphatic rings. The van der Waals surface area contributed by atoms with Crippen LogP contribution in [0.2, 0.25) is 0 Å². The van der Waals surface area contributed by atoms with Gasteiger partial charge in [-0.2, -0.15) is 0 Å². The van der Waals surface area contributed by atoms with E-state index >= 15 is 0 Å². The number of carboxylic acids is 1. The van der Waals surface area contributed by atoms with Gasteiger partial charge in [0.05, 0.1) is 11.9 Å². The fourth-order valence-corrected chi connectivity index (χ4v) is 2.81. The van der Waals surface area contributed by atoms with Gasteiger partial charge in [-0.1, -0.05) is 18.2 Å². The summed E-state index contributed by atoms with van der Waals surface area (Å²) < 4.78 is 0. The Labute approximate surface area is 124 Å². The van der Waals surface area contributed by atoms with Crippen LogP contribution in [-0.4, -0.2) is 33.5 Å². The monoisotopic (exact) mass is 284 g/mol. The van der Waals surface area contributed by atoms with Crippen molar-refractivity contribution in [1.29, 1.82) is 0 Å². The number of aliphatic carboxylic acids is 1. The quantitative estimate of drug-likeness (QED) is 0.886. The van der Waals surface area contributed by atoms with E-state index < -0.39 is 5.97 Å². The first-order valence-electron chi connectivity index (χ1n) is 7.44. The van der Waals surface area contributed by atoms with Crippen molar-refractivity contribution >= 4 is 16.9 Å². The SMILES string of the molecule is Cc1cc(CN(CCC(=O)O)C2CC2)c2ccccc2n1. The number of aromatic nitrogens is 1. The lowest BCUT2D eigenvalue weighted by atomic mass is 10.1. The van der Waals surface area contributed by atoms with Gasteiger partial charge in [-0.25, -0.2) is 0 Å². The van der Waals surface area contributed by atoms with E-state index in [1.807, 2.05) is 25.1 Å². The average molecular weight is 284 g/mol. The molecule has 110 valence electrons. The molecule has 4 nitrogen and oxygen atoms in total. The molecule has 0 saturated heterocycles. The van der Waals surface area contributed by atoms with Gasteiger partial charge in [0, 0.05) is 30.2 Å². The topological polar surface area (TPSA) is 53.4 Å². The van der Waals surface area contributed by atoms with Crippen LogP contribution in [-0.2, 0) is 11.3 Å². The standard InChI is InChI=1S/C17H20N2O2/c1-12-10-13(15-4-2-3-5-16(15)18-12)11-19(14-6-7-14)9-8-17(20)21/h2-5,10,14H,6-9,11H2,1H3,(H,20,21). The molecule has 0 amide bonds. The summed E-state index contributed by atoms with van der Waals surface area (Å²) in [7, 11) is 0. The van der Waals surface area contributed by atoms with Gasteiger partial charge >= 0.3 is 5.97 Å². The van der Waals surface area contributed by atoms with Crippen LogP contribution in [0.15, 0.2) is 30.3 Å². The van der Waals surface area contributed by atoms with Crippen molar-refractivity contribution in [3.05, 3.63) is 41.6 Å². The molecule has 2 aromatic rings. The zero-order valence-corrected chi connectivity index (χ0v) is 12.2. The van der Waals surface area contributed by atoms with E-state index in [0.29, 0.717) is 12.6 Å². The molecular formula is C17H20N2O2. The maximum absolute atomic E-state index is 10.8. The summed E-state index contributed by atoms with van der Waals surface area (Å²) in [4.78, 5) is 17.7.